The van der Waals surface area contributed by atoms with Crippen molar-refractivity contribution < 1.29 is 14.2 Å². The minimum atomic E-state index is 0.555. The second-order valence-corrected chi connectivity index (χ2v) is 3.37. The Morgan fingerprint density at radius 3 is 2.50 bits per heavy atom. The van der Waals surface area contributed by atoms with Crippen molar-refractivity contribution in [1.29, 1.82) is 0 Å². The third-order valence-corrected chi connectivity index (χ3v) is 1.80. The molecule has 0 bridgehead atoms. The normalized spacial score (nSPS) is 13.1. The molecule has 1 unspecified atom stereocenters. The highest BCUT2D eigenvalue weighted by atomic mass is 16.5. The van der Waals surface area contributed by atoms with Gasteiger partial charge < -0.3 is 19.5 Å². The molecule has 0 aliphatic carbocycles. The van der Waals surface area contributed by atoms with Crippen molar-refractivity contribution in [2.24, 2.45) is 5.92 Å². The Labute approximate surface area is 86.9 Å². The molecule has 0 radical (unpaired) electrons. The van der Waals surface area contributed by atoms with Crippen LogP contribution in [0.5, 0.6) is 0 Å². The number of nitrogens with one attached hydrogen (secondary N) is 1. The van der Waals surface area contributed by atoms with E-state index in [1.807, 2.05) is 0 Å². The molecule has 0 amide bonds. The lowest BCUT2D eigenvalue weighted by molar-refractivity contribution is 0.0711. The first kappa shape index (κ1) is 13.8. The van der Waals surface area contributed by atoms with E-state index in [2.05, 4.69) is 12.2 Å². The van der Waals surface area contributed by atoms with Crippen LogP contribution in [0.15, 0.2) is 0 Å². The van der Waals surface area contributed by atoms with E-state index >= 15 is 0 Å². The van der Waals surface area contributed by atoms with Crippen LogP contribution in [0.25, 0.3) is 0 Å². The third-order valence-electron chi connectivity index (χ3n) is 1.80. The maximum Gasteiger partial charge on any atom is 0.0700 e. The number of ether oxygens (including phenoxy) is 3. The summed E-state index contributed by atoms with van der Waals surface area (Å²) in [4.78, 5) is 0. The van der Waals surface area contributed by atoms with Crippen LogP contribution in [-0.2, 0) is 14.2 Å². The van der Waals surface area contributed by atoms with E-state index in [-0.39, 0.29) is 0 Å². The smallest absolute Gasteiger partial charge is 0.0700 e. The number of rotatable bonds is 10. The molecule has 86 valence electrons. The average Bonchev–Trinajstić information content (AvgIpc) is 2.17. The maximum atomic E-state index is 5.30. The Morgan fingerprint density at radius 1 is 1.07 bits per heavy atom. The summed E-state index contributed by atoms with van der Waals surface area (Å²) < 4.78 is 15.2. The van der Waals surface area contributed by atoms with Crippen LogP contribution in [0, 0.1) is 5.92 Å². The third kappa shape index (κ3) is 9.92. The number of hydrogen-bond donors (Lipinski definition) is 1. The van der Waals surface area contributed by atoms with Gasteiger partial charge in [0, 0.05) is 27.4 Å². The molecule has 4 nitrogen and oxygen atoms in total. The first-order chi connectivity index (χ1) is 6.81. The van der Waals surface area contributed by atoms with Gasteiger partial charge in [0.1, 0.15) is 0 Å². The zero-order valence-corrected chi connectivity index (χ0v) is 9.54. The summed E-state index contributed by atoms with van der Waals surface area (Å²) in [5.41, 5.74) is 0. The summed E-state index contributed by atoms with van der Waals surface area (Å²) in [6.45, 7) is 6.90. The molecule has 4 heteroatoms. The lowest BCUT2D eigenvalue weighted by Crippen LogP contribution is -2.27. The fourth-order valence-electron chi connectivity index (χ4n) is 1.08. The van der Waals surface area contributed by atoms with Crippen LogP contribution < -0.4 is 5.32 Å². The van der Waals surface area contributed by atoms with Gasteiger partial charge in [0.15, 0.2) is 0 Å². The van der Waals surface area contributed by atoms with Gasteiger partial charge in [-0.1, -0.05) is 6.92 Å². The van der Waals surface area contributed by atoms with Crippen LogP contribution in [0.4, 0.5) is 0 Å². The van der Waals surface area contributed by atoms with Gasteiger partial charge in [-0.25, -0.2) is 0 Å². The topological polar surface area (TPSA) is 39.7 Å². The molecule has 0 aromatic carbocycles. The summed E-state index contributed by atoms with van der Waals surface area (Å²) in [7, 11) is 3.40. The van der Waals surface area contributed by atoms with Gasteiger partial charge in [0.25, 0.3) is 0 Å². The van der Waals surface area contributed by atoms with Crippen molar-refractivity contribution in [3.05, 3.63) is 0 Å². The van der Waals surface area contributed by atoms with E-state index in [0.29, 0.717) is 19.1 Å². The van der Waals surface area contributed by atoms with E-state index in [0.717, 1.165) is 26.3 Å². The molecule has 0 rings (SSSR count). The highest BCUT2D eigenvalue weighted by Gasteiger charge is 1.99. The number of hydrogen-bond acceptors (Lipinski definition) is 4. The van der Waals surface area contributed by atoms with Crippen molar-refractivity contribution in [1.82, 2.24) is 5.32 Å². The largest absolute Gasteiger partial charge is 0.384 e. The molecule has 1 N–H and O–H groups in total. The molecule has 0 spiro atoms. The van der Waals surface area contributed by atoms with E-state index in [9.17, 15) is 0 Å². The molecule has 0 aliphatic heterocycles. The molecule has 0 fully saturated rings. The van der Waals surface area contributed by atoms with Gasteiger partial charge in [-0.2, -0.15) is 0 Å². The Morgan fingerprint density at radius 2 is 1.86 bits per heavy atom. The molecule has 0 saturated heterocycles. The van der Waals surface area contributed by atoms with E-state index in [4.69, 9.17) is 14.2 Å². The first-order valence-corrected chi connectivity index (χ1v) is 5.07. The molecule has 14 heavy (non-hydrogen) atoms. The molecular weight excluding hydrogens is 182 g/mol. The monoisotopic (exact) mass is 205 g/mol. The standard InChI is InChI=1S/C10H23NO3/c1-10(9-13-3)8-11-4-5-14-7-6-12-2/h10-11H,4-9H2,1-3H3. The highest BCUT2D eigenvalue weighted by molar-refractivity contribution is 4.54. The Bertz CT molecular complexity index is 112. The molecule has 0 heterocycles. The van der Waals surface area contributed by atoms with Gasteiger partial charge in [0.05, 0.1) is 19.8 Å². The zero-order valence-electron chi connectivity index (χ0n) is 9.54. The Balaban J connectivity index is 2.98. The van der Waals surface area contributed by atoms with Crippen LogP contribution >= 0.6 is 0 Å². The van der Waals surface area contributed by atoms with Crippen LogP contribution in [-0.4, -0.2) is 53.7 Å². The van der Waals surface area contributed by atoms with Crippen molar-refractivity contribution in [2.75, 3.05) is 53.7 Å². The fraction of sp³-hybridized carbons (Fsp3) is 1.00. The van der Waals surface area contributed by atoms with Gasteiger partial charge in [-0.05, 0) is 12.5 Å². The van der Waals surface area contributed by atoms with Gasteiger partial charge in [-0.3, -0.25) is 0 Å². The van der Waals surface area contributed by atoms with Crippen molar-refractivity contribution in [3.63, 3.8) is 0 Å². The maximum absolute atomic E-state index is 5.30. The van der Waals surface area contributed by atoms with E-state index in [1.165, 1.54) is 0 Å². The summed E-state index contributed by atoms with van der Waals surface area (Å²) in [6.07, 6.45) is 0. The van der Waals surface area contributed by atoms with E-state index in [1.54, 1.807) is 14.2 Å². The van der Waals surface area contributed by atoms with Crippen LogP contribution in [0.3, 0.4) is 0 Å². The SMILES string of the molecule is COCCOCCNCC(C)COC. The van der Waals surface area contributed by atoms with Gasteiger partial charge >= 0.3 is 0 Å². The lowest BCUT2D eigenvalue weighted by atomic mass is 10.2. The van der Waals surface area contributed by atoms with Gasteiger partial charge in [-0.15, -0.1) is 0 Å². The molecule has 0 saturated carbocycles. The Hall–Kier alpha value is -0.160. The molecule has 1 atom stereocenters. The highest BCUT2D eigenvalue weighted by Crippen LogP contribution is 1.91. The minimum Gasteiger partial charge on any atom is -0.384 e. The Kier molecular flexibility index (Phi) is 10.8. The van der Waals surface area contributed by atoms with Gasteiger partial charge in [0.2, 0.25) is 0 Å². The van der Waals surface area contributed by atoms with Crippen molar-refractivity contribution in [2.45, 2.75) is 6.92 Å². The van der Waals surface area contributed by atoms with Crippen LogP contribution in [0.2, 0.25) is 0 Å². The summed E-state index contributed by atoms with van der Waals surface area (Å²) in [5, 5.41) is 3.30. The summed E-state index contributed by atoms with van der Waals surface area (Å²) in [5.74, 6) is 0.555. The number of methoxy groups -OCH3 is 2. The summed E-state index contributed by atoms with van der Waals surface area (Å²) >= 11 is 0. The zero-order chi connectivity index (χ0) is 10.6. The first-order valence-electron chi connectivity index (χ1n) is 5.07. The molecular formula is C10H23NO3. The van der Waals surface area contributed by atoms with E-state index < -0.39 is 0 Å². The summed E-state index contributed by atoms with van der Waals surface area (Å²) in [6, 6.07) is 0. The fourth-order valence-corrected chi connectivity index (χ4v) is 1.08. The minimum absolute atomic E-state index is 0.555. The molecule has 0 aliphatic rings. The average molecular weight is 205 g/mol. The molecule has 0 aromatic rings. The van der Waals surface area contributed by atoms with Crippen LogP contribution in [0.1, 0.15) is 6.92 Å². The second kappa shape index (κ2) is 10.9. The van der Waals surface area contributed by atoms with Crippen molar-refractivity contribution in [3.8, 4) is 0 Å². The predicted octanol–water partition coefficient (Wildman–Crippen LogP) is 0.522. The molecule has 0 aromatic heterocycles. The van der Waals surface area contributed by atoms with Crippen molar-refractivity contribution >= 4 is 0 Å². The lowest BCUT2D eigenvalue weighted by Gasteiger charge is -2.11. The quantitative estimate of drug-likeness (QED) is 0.528. The predicted molar refractivity (Wildman–Crippen MR) is 56.6 cm³/mol. The second-order valence-electron chi connectivity index (χ2n) is 3.37.